The summed E-state index contributed by atoms with van der Waals surface area (Å²) in [6, 6.07) is 7.54. The second kappa shape index (κ2) is 5.57. The number of nitrogens with two attached hydrogens (primary N) is 1. The van der Waals surface area contributed by atoms with Gasteiger partial charge in [0.05, 0.1) is 0 Å². The number of hydrogen-bond donors (Lipinski definition) is 3. The Morgan fingerprint density at radius 1 is 1.24 bits per heavy atom. The van der Waals surface area contributed by atoms with Crippen LogP contribution in [0.15, 0.2) is 24.3 Å². The van der Waals surface area contributed by atoms with Gasteiger partial charge in [0, 0.05) is 17.8 Å². The van der Waals surface area contributed by atoms with Crippen LogP contribution in [-0.2, 0) is 6.42 Å². The lowest BCUT2D eigenvalue weighted by atomic mass is 10.1. The van der Waals surface area contributed by atoms with Gasteiger partial charge in [0.2, 0.25) is 0 Å². The summed E-state index contributed by atoms with van der Waals surface area (Å²) in [6.07, 6.45) is 0.803. The Balaban J connectivity index is 2.28. The molecular formula is C13H21N3O. The summed E-state index contributed by atoms with van der Waals surface area (Å²) >= 11 is 0. The van der Waals surface area contributed by atoms with Crippen LogP contribution in [0.25, 0.3) is 0 Å². The summed E-state index contributed by atoms with van der Waals surface area (Å²) in [7, 11) is 0. The van der Waals surface area contributed by atoms with E-state index in [2.05, 4.69) is 10.6 Å². The molecule has 0 spiro atoms. The highest BCUT2D eigenvalue weighted by molar-refractivity contribution is 5.74. The average molecular weight is 235 g/mol. The summed E-state index contributed by atoms with van der Waals surface area (Å²) in [6.45, 7) is 6.47. The Kier molecular flexibility index (Phi) is 4.37. The van der Waals surface area contributed by atoms with E-state index >= 15 is 0 Å². The monoisotopic (exact) mass is 235 g/mol. The van der Waals surface area contributed by atoms with Gasteiger partial charge < -0.3 is 16.4 Å². The SMILES string of the molecule is CC(C)(C)NC(=O)NCCc1ccc(N)cc1. The molecule has 4 heteroatoms. The van der Waals surface area contributed by atoms with Crippen molar-refractivity contribution in [3.8, 4) is 0 Å². The van der Waals surface area contributed by atoms with Crippen LogP contribution in [0.4, 0.5) is 10.5 Å². The van der Waals surface area contributed by atoms with Crippen LogP contribution in [0.2, 0.25) is 0 Å². The lowest BCUT2D eigenvalue weighted by Gasteiger charge is -2.20. The standard InChI is InChI=1S/C13H21N3O/c1-13(2,3)16-12(17)15-9-8-10-4-6-11(14)7-5-10/h4-7H,8-9,14H2,1-3H3,(H2,15,16,17). The maximum Gasteiger partial charge on any atom is 0.315 e. The van der Waals surface area contributed by atoms with Crippen LogP contribution >= 0.6 is 0 Å². The predicted octanol–water partition coefficient (Wildman–Crippen LogP) is 1.91. The van der Waals surface area contributed by atoms with Crippen molar-refractivity contribution >= 4 is 11.7 Å². The first-order valence-electron chi connectivity index (χ1n) is 5.77. The third-order valence-corrected chi connectivity index (χ3v) is 2.17. The Morgan fingerprint density at radius 3 is 2.35 bits per heavy atom. The van der Waals surface area contributed by atoms with Crippen molar-refractivity contribution in [3.05, 3.63) is 29.8 Å². The zero-order valence-corrected chi connectivity index (χ0v) is 10.7. The molecule has 0 bridgehead atoms. The number of benzene rings is 1. The van der Waals surface area contributed by atoms with E-state index in [9.17, 15) is 4.79 Å². The number of carbonyl (C=O) groups is 1. The highest BCUT2D eigenvalue weighted by atomic mass is 16.2. The van der Waals surface area contributed by atoms with Gasteiger partial charge in [-0.15, -0.1) is 0 Å². The topological polar surface area (TPSA) is 67.2 Å². The van der Waals surface area contributed by atoms with E-state index in [1.807, 2.05) is 45.0 Å². The van der Waals surface area contributed by atoms with Gasteiger partial charge in [0.1, 0.15) is 0 Å². The van der Waals surface area contributed by atoms with E-state index in [0.717, 1.165) is 17.7 Å². The lowest BCUT2D eigenvalue weighted by Crippen LogP contribution is -2.46. The second-order valence-corrected chi connectivity index (χ2v) is 5.12. The fraction of sp³-hybridized carbons (Fsp3) is 0.462. The molecule has 1 rings (SSSR count). The summed E-state index contributed by atoms with van der Waals surface area (Å²) < 4.78 is 0. The number of nitrogens with one attached hydrogen (secondary N) is 2. The smallest absolute Gasteiger partial charge is 0.315 e. The van der Waals surface area contributed by atoms with Crippen molar-refractivity contribution in [2.24, 2.45) is 0 Å². The van der Waals surface area contributed by atoms with Crippen LogP contribution in [0, 0.1) is 0 Å². The van der Waals surface area contributed by atoms with Crippen LogP contribution in [0.1, 0.15) is 26.3 Å². The minimum absolute atomic E-state index is 0.132. The first-order valence-corrected chi connectivity index (χ1v) is 5.77. The quantitative estimate of drug-likeness (QED) is 0.701. The van der Waals surface area contributed by atoms with Gasteiger partial charge in [0.25, 0.3) is 0 Å². The fourth-order valence-electron chi connectivity index (χ4n) is 1.39. The molecule has 4 nitrogen and oxygen atoms in total. The average Bonchev–Trinajstić information content (AvgIpc) is 2.18. The molecule has 94 valence electrons. The van der Waals surface area contributed by atoms with Crippen LogP contribution < -0.4 is 16.4 Å². The number of urea groups is 1. The summed E-state index contributed by atoms with van der Waals surface area (Å²) in [4.78, 5) is 11.5. The normalized spacial score (nSPS) is 11.0. The van der Waals surface area contributed by atoms with Crippen molar-refractivity contribution in [1.29, 1.82) is 0 Å². The number of hydrogen-bond acceptors (Lipinski definition) is 2. The molecule has 0 heterocycles. The largest absolute Gasteiger partial charge is 0.399 e. The van der Waals surface area contributed by atoms with Crippen LogP contribution in [0.5, 0.6) is 0 Å². The predicted molar refractivity (Wildman–Crippen MR) is 70.8 cm³/mol. The van der Waals surface area contributed by atoms with Crippen molar-refractivity contribution in [1.82, 2.24) is 10.6 Å². The highest BCUT2D eigenvalue weighted by Gasteiger charge is 2.12. The molecule has 0 radical (unpaired) electrons. The maximum absolute atomic E-state index is 11.5. The molecule has 0 aliphatic rings. The van der Waals surface area contributed by atoms with Gasteiger partial charge in [-0.05, 0) is 44.9 Å². The number of nitrogen functional groups attached to an aromatic ring is 1. The zero-order valence-electron chi connectivity index (χ0n) is 10.7. The minimum Gasteiger partial charge on any atom is -0.399 e. The van der Waals surface area contributed by atoms with Crippen LogP contribution in [0.3, 0.4) is 0 Å². The van der Waals surface area contributed by atoms with Gasteiger partial charge in [0.15, 0.2) is 0 Å². The highest BCUT2D eigenvalue weighted by Crippen LogP contribution is 2.05. The van der Waals surface area contributed by atoms with E-state index < -0.39 is 0 Å². The molecule has 1 aromatic rings. The first-order chi connectivity index (χ1) is 7.87. The second-order valence-electron chi connectivity index (χ2n) is 5.12. The van der Waals surface area contributed by atoms with Crippen molar-refractivity contribution < 1.29 is 4.79 Å². The number of amides is 2. The molecule has 0 atom stereocenters. The zero-order chi connectivity index (χ0) is 12.9. The number of rotatable bonds is 3. The van der Waals surface area contributed by atoms with Gasteiger partial charge in [-0.3, -0.25) is 0 Å². The summed E-state index contributed by atoms with van der Waals surface area (Å²) in [5.74, 6) is 0. The number of anilines is 1. The lowest BCUT2D eigenvalue weighted by molar-refractivity contribution is 0.232. The maximum atomic E-state index is 11.5. The first kappa shape index (κ1) is 13.4. The van der Waals surface area contributed by atoms with E-state index in [0.29, 0.717) is 6.54 Å². The molecule has 0 aliphatic heterocycles. The molecule has 0 aliphatic carbocycles. The minimum atomic E-state index is -0.203. The third-order valence-electron chi connectivity index (χ3n) is 2.17. The Bertz CT molecular complexity index is 365. The van der Waals surface area contributed by atoms with E-state index in [4.69, 9.17) is 5.73 Å². The Hall–Kier alpha value is -1.71. The Labute approximate surface area is 103 Å². The molecule has 17 heavy (non-hydrogen) atoms. The molecule has 1 aromatic carbocycles. The third kappa shape index (κ3) is 5.80. The van der Waals surface area contributed by atoms with E-state index in [1.54, 1.807) is 0 Å². The molecule has 0 saturated carbocycles. The fourth-order valence-corrected chi connectivity index (χ4v) is 1.39. The molecule has 0 fully saturated rings. The summed E-state index contributed by atoms with van der Waals surface area (Å²) in [5, 5.41) is 5.67. The van der Waals surface area contributed by atoms with Crippen molar-refractivity contribution in [2.75, 3.05) is 12.3 Å². The van der Waals surface area contributed by atoms with E-state index in [-0.39, 0.29) is 11.6 Å². The molecular weight excluding hydrogens is 214 g/mol. The van der Waals surface area contributed by atoms with Gasteiger partial charge >= 0.3 is 6.03 Å². The van der Waals surface area contributed by atoms with Gasteiger partial charge in [-0.2, -0.15) is 0 Å². The van der Waals surface area contributed by atoms with Crippen molar-refractivity contribution in [2.45, 2.75) is 32.7 Å². The molecule has 0 unspecified atom stereocenters. The van der Waals surface area contributed by atoms with Crippen molar-refractivity contribution in [3.63, 3.8) is 0 Å². The molecule has 0 saturated heterocycles. The molecule has 2 amide bonds. The number of carbonyl (C=O) groups excluding carboxylic acids is 1. The van der Waals surface area contributed by atoms with Crippen LogP contribution in [-0.4, -0.2) is 18.1 Å². The van der Waals surface area contributed by atoms with E-state index in [1.165, 1.54) is 0 Å². The molecule has 4 N–H and O–H groups in total. The molecule has 0 aromatic heterocycles. The van der Waals surface area contributed by atoms with Gasteiger partial charge in [-0.1, -0.05) is 12.1 Å². The van der Waals surface area contributed by atoms with Gasteiger partial charge in [-0.25, -0.2) is 4.79 Å². The Morgan fingerprint density at radius 2 is 1.82 bits per heavy atom. The summed E-state index contributed by atoms with van der Waals surface area (Å²) in [5.41, 5.74) is 7.31.